The van der Waals surface area contributed by atoms with Gasteiger partial charge in [-0.1, -0.05) is 6.07 Å². The molecule has 0 saturated carbocycles. The smallest absolute Gasteiger partial charge is 0.267 e. The number of nitrogens with zero attached hydrogens (tertiary/aromatic N) is 1. The first-order valence-corrected chi connectivity index (χ1v) is 5.47. The molecule has 1 aromatic rings. The minimum absolute atomic E-state index is 0.301. The highest BCUT2D eigenvalue weighted by atomic mass is 16.1. The van der Waals surface area contributed by atoms with Gasteiger partial charge in [0.15, 0.2) is 0 Å². The van der Waals surface area contributed by atoms with Crippen molar-refractivity contribution >= 4 is 11.7 Å². The van der Waals surface area contributed by atoms with Crippen molar-refractivity contribution in [3.63, 3.8) is 0 Å². The zero-order valence-electron chi connectivity index (χ0n) is 9.07. The summed E-state index contributed by atoms with van der Waals surface area (Å²) in [5, 5.41) is 6.53. The third-order valence-electron chi connectivity index (χ3n) is 2.74. The molecule has 1 aliphatic rings. The summed E-state index contributed by atoms with van der Waals surface area (Å²) >= 11 is 0. The number of carbonyl (C=O) groups is 1. The fourth-order valence-corrected chi connectivity index (χ4v) is 1.81. The van der Waals surface area contributed by atoms with Gasteiger partial charge in [-0.2, -0.15) is 0 Å². The maximum atomic E-state index is 10.9. The molecule has 0 aliphatic carbocycles. The minimum atomic E-state index is -0.494. The molecular weight excluding hydrogens is 204 g/mol. The lowest BCUT2D eigenvalue weighted by Crippen LogP contribution is -2.19. The first-order valence-electron chi connectivity index (χ1n) is 5.47. The highest BCUT2D eigenvalue weighted by Gasteiger charge is 2.14. The van der Waals surface area contributed by atoms with Gasteiger partial charge in [0.1, 0.15) is 11.5 Å². The van der Waals surface area contributed by atoms with Crippen molar-refractivity contribution in [3.05, 3.63) is 23.9 Å². The molecule has 1 aliphatic heterocycles. The molecular formula is C11H16N4O. The number of carbonyl (C=O) groups excluding carboxylic acids is 1. The summed E-state index contributed by atoms with van der Waals surface area (Å²) in [7, 11) is 0. The quantitative estimate of drug-likeness (QED) is 0.677. The summed E-state index contributed by atoms with van der Waals surface area (Å²) in [5.74, 6) is 0.855. The number of pyridine rings is 1. The van der Waals surface area contributed by atoms with Gasteiger partial charge in [-0.05, 0) is 37.6 Å². The molecule has 0 aromatic carbocycles. The van der Waals surface area contributed by atoms with E-state index in [0.717, 1.165) is 19.6 Å². The standard InChI is InChI=1S/C11H16N4O/c12-11(16)9-2-1-3-10(15-9)14-7-8-4-5-13-6-8/h1-3,8,13H,4-7H2,(H2,12,16)(H,14,15). The third-order valence-corrected chi connectivity index (χ3v) is 2.74. The van der Waals surface area contributed by atoms with Gasteiger partial charge in [0.25, 0.3) is 5.91 Å². The van der Waals surface area contributed by atoms with Crippen LogP contribution in [0.1, 0.15) is 16.9 Å². The van der Waals surface area contributed by atoms with Crippen molar-refractivity contribution in [1.29, 1.82) is 0 Å². The van der Waals surface area contributed by atoms with Crippen molar-refractivity contribution in [2.45, 2.75) is 6.42 Å². The van der Waals surface area contributed by atoms with Crippen molar-refractivity contribution < 1.29 is 4.79 Å². The Morgan fingerprint density at radius 3 is 3.19 bits per heavy atom. The Balaban J connectivity index is 1.93. The van der Waals surface area contributed by atoms with E-state index >= 15 is 0 Å². The van der Waals surface area contributed by atoms with E-state index in [0.29, 0.717) is 17.4 Å². The second kappa shape index (κ2) is 4.94. The van der Waals surface area contributed by atoms with Crippen LogP contribution in [-0.2, 0) is 0 Å². The summed E-state index contributed by atoms with van der Waals surface area (Å²) in [6, 6.07) is 5.24. The van der Waals surface area contributed by atoms with E-state index in [4.69, 9.17) is 5.73 Å². The van der Waals surface area contributed by atoms with Gasteiger partial charge in [-0.25, -0.2) is 4.98 Å². The summed E-state index contributed by atoms with van der Waals surface area (Å²) in [5.41, 5.74) is 5.46. The number of nitrogens with one attached hydrogen (secondary N) is 2. The Bertz CT molecular complexity index is 374. The molecule has 1 fully saturated rings. The van der Waals surface area contributed by atoms with Crippen molar-refractivity contribution in [1.82, 2.24) is 10.3 Å². The maximum absolute atomic E-state index is 10.9. The fourth-order valence-electron chi connectivity index (χ4n) is 1.81. The number of amides is 1. The molecule has 16 heavy (non-hydrogen) atoms. The van der Waals surface area contributed by atoms with Crippen molar-refractivity contribution in [2.24, 2.45) is 11.7 Å². The lowest BCUT2D eigenvalue weighted by Gasteiger charge is -2.10. The number of aromatic nitrogens is 1. The highest BCUT2D eigenvalue weighted by molar-refractivity contribution is 5.91. The number of hydrogen-bond donors (Lipinski definition) is 3. The first kappa shape index (κ1) is 10.9. The van der Waals surface area contributed by atoms with Crippen molar-refractivity contribution in [3.8, 4) is 0 Å². The monoisotopic (exact) mass is 220 g/mol. The van der Waals surface area contributed by atoms with Gasteiger partial charge in [-0.15, -0.1) is 0 Å². The Morgan fingerprint density at radius 1 is 1.62 bits per heavy atom. The number of anilines is 1. The van der Waals surface area contributed by atoms with Crippen LogP contribution in [0.4, 0.5) is 5.82 Å². The van der Waals surface area contributed by atoms with E-state index in [-0.39, 0.29) is 0 Å². The Morgan fingerprint density at radius 2 is 2.50 bits per heavy atom. The van der Waals surface area contributed by atoms with Gasteiger partial charge in [0.2, 0.25) is 0 Å². The maximum Gasteiger partial charge on any atom is 0.267 e. The molecule has 4 N–H and O–H groups in total. The molecule has 2 rings (SSSR count). The number of primary amides is 1. The average Bonchev–Trinajstić information content (AvgIpc) is 2.79. The molecule has 2 heterocycles. The molecule has 1 unspecified atom stereocenters. The minimum Gasteiger partial charge on any atom is -0.370 e. The predicted octanol–water partition coefficient (Wildman–Crippen LogP) is 0.202. The molecule has 5 nitrogen and oxygen atoms in total. The van der Waals surface area contributed by atoms with E-state index in [9.17, 15) is 4.79 Å². The van der Waals surface area contributed by atoms with Crippen LogP contribution in [0.15, 0.2) is 18.2 Å². The SMILES string of the molecule is NC(=O)c1cccc(NCC2CCNC2)n1. The molecule has 0 spiro atoms. The van der Waals surface area contributed by atoms with Gasteiger partial charge in [0.05, 0.1) is 0 Å². The summed E-state index contributed by atoms with van der Waals surface area (Å²) in [6.45, 7) is 3.01. The molecule has 1 aromatic heterocycles. The fraction of sp³-hybridized carbons (Fsp3) is 0.455. The molecule has 0 radical (unpaired) electrons. The second-order valence-electron chi connectivity index (χ2n) is 4.01. The van der Waals surface area contributed by atoms with E-state index in [1.54, 1.807) is 12.1 Å². The largest absolute Gasteiger partial charge is 0.370 e. The predicted molar refractivity (Wildman–Crippen MR) is 62.2 cm³/mol. The Kier molecular flexibility index (Phi) is 3.36. The van der Waals surface area contributed by atoms with E-state index in [1.807, 2.05) is 6.07 Å². The van der Waals surface area contributed by atoms with Crippen molar-refractivity contribution in [2.75, 3.05) is 25.0 Å². The van der Waals surface area contributed by atoms with E-state index in [1.165, 1.54) is 6.42 Å². The zero-order chi connectivity index (χ0) is 11.4. The van der Waals surface area contributed by atoms with Gasteiger partial charge in [-0.3, -0.25) is 4.79 Å². The summed E-state index contributed by atoms with van der Waals surface area (Å²) < 4.78 is 0. The van der Waals surface area contributed by atoms with Crippen LogP contribution in [0.5, 0.6) is 0 Å². The van der Waals surface area contributed by atoms with E-state index < -0.39 is 5.91 Å². The number of rotatable bonds is 4. The van der Waals surface area contributed by atoms with Gasteiger partial charge >= 0.3 is 0 Å². The summed E-state index contributed by atoms with van der Waals surface area (Å²) in [4.78, 5) is 15.1. The van der Waals surface area contributed by atoms with Crippen LogP contribution in [0.3, 0.4) is 0 Å². The topological polar surface area (TPSA) is 80.0 Å². The Labute approximate surface area is 94.4 Å². The van der Waals surface area contributed by atoms with Crippen LogP contribution in [-0.4, -0.2) is 30.5 Å². The zero-order valence-corrected chi connectivity index (χ0v) is 9.07. The lowest BCUT2D eigenvalue weighted by atomic mass is 10.1. The lowest BCUT2D eigenvalue weighted by molar-refractivity contribution is 0.0995. The van der Waals surface area contributed by atoms with E-state index in [2.05, 4.69) is 15.6 Å². The third kappa shape index (κ3) is 2.70. The highest BCUT2D eigenvalue weighted by Crippen LogP contribution is 2.10. The van der Waals surface area contributed by atoms with Crippen LogP contribution in [0.2, 0.25) is 0 Å². The van der Waals surface area contributed by atoms with Gasteiger partial charge in [0, 0.05) is 6.54 Å². The molecule has 5 heteroatoms. The molecule has 0 bridgehead atoms. The second-order valence-corrected chi connectivity index (χ2v) is 4.01. The van der Waals surface area contributed by atoms with Crippen LogP contribution < -0.4 is 16.4 Å². The molecule has 1 saturated heterocycles. The summed E-state index contributed by atoms with van der Waals surface area (Å²) in [6.07, 6.45) is 1.18. The normalized spacial score (nSPS) is 19.6. The van der Waals surface area contributed by atoms with Crippen LogP contribution in [0.25, 0.3) is 0 Å². The molecule has 1 amide bonds. The number of nitrogens with two attached hydrogens (primary N) is 1. The van der Waals surface area contributed by atoms with Gasteiger partial charge < -0.3 is 16.4 Å². The molecule has 86 valence electrons. The Hall–Kier alpha value is -1.62. The molecule has 1 atom stereocenters. The average molecular weight is 220 g/mol. The number of hydrogen-bond acceptors (Lipinski definition) is 4. The first-order chi connectivity index (χ1) is 7.75. The van der Waals surface area contributed by atoms with Crippen LogP contribution >= 0.6 is 0 Å². The van der Waals surface area contributed by atoms with Crippen LogP contribution in [0, 0.1) is 5.92 Å².